The Morgan fingerprint density at radius 1 is 1.38 bits per heavy atom. The summed E-state index contributed by atoms with van der Waals surface area (Å²) in [4.78, 5) is 11.8. The van der Waals surface area contributed by atoms with Crippen LogP contribution in [-0.4, -0.2) is 47.2 Å². The van der Waals surface area contributed by atoms with Gasteiger partial charge in [-0.15, -0.1) is 0 Å². The van der Waals surface area contributed by atoms with Gasteiger partial charge in [-0.3, -0.25) is 4.79 Å². The Hall–Kier alpha value is -0.620. The van der Waals surface area contributed by atoms with Crippen molar-refractivity contribution < 1.29 is 23.7 Å². The number of methoxy groups -OCH3 is 1. The molecule has 2 fully saturated rings. The van der Waals surface area contributed by atoms with Gasteiger partial charge in [0.25, 0.3) is 0 Å². The van der Waals surface area contributed by atoms with E-state index in [1.807, 2.05) is 33.8 Å². The smallest absolute Gasteiger partial charge is 0.306 e. The molecule has 0 aromatic rings. The standard InChI is InChI=1S/C20H29IO5/c1-14(8-6-7-11-20(4)13-24-19(2,3)26-20)12-16-18(21)15(23-5)9-10-17(22)25-16/h12,15-16,18H,8-11,13H2,1-5H3/b14-12+/t15-,16+,18+,20+/m1/s1. The van der Waals surface area contributed by atoms with Crippen LogP contribution in [0.2, 0.25) is 0 Å². The van der Waals surface area contributed by atoms with Crippen LogP contribution in [0.5, 0.6) is 0 Å². The molecule has 0 bridgehead atoms. The van der Waals surface area contributed by atoms with Gasteiger partial charge in [-0.25, -0.2) is 0 Å². The van der Waals surface area contributed by atoms with E-state index >= 15 is 0 Å². The highest BCUT2D eigenvalue weighted by Gasteiger charge is 2.41. The zero-order valence-corrected chi connectivity index (χ0v) is 18.4. The van der Waals surface area contributed by atoms with Crippen LogP contribution in [0.15, 0.2) is 11.6 Å². The van der Waals surface area contributed by atoms with Crippen LogP contribution in [0.3, 0.4) is 0 Å². The number of esters is 1. The quantitative estimate of drug-likeness (QED) is 0.203. The average molecular weight is 476 g/mol. The molecular weight excluding hydrogens is 447 g/mol. The summed E-state index contributed by atoms with van der Waals surface area (Å²) in [6, 6.07) is 0. The molecule has 2 aliphatic heterocycles. The lowest BCUT2D eigenvalue weighted by Gasteiger charge is -2.23. The van der Waals surface area contributed by atoms with Crippen LogP contribution < -0.4 is 0 Å². The summed E-state index contributed by atoms with van der Waals surface area (Å²) >= 11 is 2.31. The second-order valence-corrected chi connectivity index (χ2v) is 9.11. The number of cyclic esters (lactones) is 1. The third-order valence-corrected chi connectivity index (χ3v) is 6.00. The van der Waals surface area contributed by atoms with Gasteiger partial charge in [-0.2, -0.15) is 0 Å². The van der Waals surface area contributed by atoms with E-state index < -0.39 is 5.79 Å². The second-order valence-electron chi connectivity index (χ2n) is 7.67. The maximum Gasteiger partial charge on any atom is 0.306 e. The third kappa shape index (κ3) is 6.22. The maximum absolute atomic E-state index is 11.8. The first-order chi connectivity index (χ1) is 12.1. The highest BCUT2D eigenvalue weighted by atomic mass is 127. The summed E-state index contributed by atoms with van der Waals surface area (Å²) in [5, 5.41) is 0. The molecule has 5 nitrogen and oxygen atoms in total. The minimum Gasteiger partial charge on any atom is -0.457 e. The van der Waals surface area contributed by atoms with E-state index in [0.29, 0.717) is 32.3 Å². The molecule has 0 aliphatic carbocycles. The van der Waals surface area contributed by atoms with E-state index in [1.165, 1.54) is 0 Å². The minimum absolute atomic E-state index is 0.0185. The summed E-state index contributed by atoms with van der Waals surface area (Å²) in [7, 11) is 1.68. The predicted molar refractivity (Wildman–Crippen MR) is 108 cm³/mol. The first-order valence-corrected chi connectivity index (χ1v) is 10.2. The fourth-order valence-electron chi connectivity index (χ4n) is 3.14. The van der Waals surface area contributed by atoms with E-state index in [4.69, 9.17) is 18.9 Å². The number of hydrogen-bond acceptors (Lipinski definition) is 5. The topological polar surface area (TPSA) is 54.0 Å². The Balaban J connectivity index is 1.92. The lowest BCUT2D eigenvalue weighted by Crippen LogP contribution is -2.32. The van der Waals surface area contributed by atoms with Crippen molar-refractivity contribution in [3.05, 3.63) is 11.6 Å². The Kier molecular flexibility index (Phi) is 7.54. The molecule has 4 atom stereocenters. The molecule has 0 unspecified atom stereocenters. The van der Waals surface area contributed by atoms with Gasteiger partial charge in [0.2, 0.25) is 0 Å². The lowest BCUT2D eigenvalue weighted by molar-refractivity contribution is -0.156. The summed E-state index contributed by atoms with van der Waals surface area (Å²) in [6.07, 6.45) is 4.10. The third-order valence-electron chi connectivity index (χ3n) is 4.49. The fraction of sp³-hybridized carbons (Fsp3) is 0.750. The van der Waals surface area contributed by atoms with Gasteiger partial charge in [0, 0.05) is 26.4 Å². The van der Waals surface area contributed by atoms with Gasteiger partial charge in [-0.05, 0) is 40.2 Å². The molecule has 6 heteroatoms. The summed E-state index contributed by atoms with van der Waals surface area (Å²) in [5.74, 6) is 5.68. The fourth-order valence-corrected chi connectivity index (χ4v) is 4.14. The molecular formula is C20H29IO5. The minimum atomic E-state index is -0.539. The Bertz CT molecular complexity index is 603. The molecule has 0 N–H and O–H groups in total. The molecule has 26 heavy (non-hydrogen) atoms. The Labute approximate surface area is 170 Å². The molecule has 2 saturated heterocycles. The normalized spacial score (nSPS) is 34.6. The number of carbonyl (C=O) groups is 1. The number of rotatable bonds is 4. The lowest BCUT2D eigenvalue weighted by atomic mass is 10.0. The number of ether oxygens (including phenoxy) is 4. The number of allylic oxidation sites excluding steroid dienone is 1. The zero-order valence-electron chi connectivity index (χ0n) is 16.3. The van der Waals surface area contributed by atoms with E-state index in [2.05, 4.69) is 34.4 Å². The van der Waals surface area contributed by atoms with Crippen molar-refractivity contribution in [1.82, 2.24) is 0 Å². The molecule has 2 rings (SSSR count). The first-order valence-electron chi connectivity index (χ1n) is 8.98. The van der Waals surface area contributed by atoms with Crippen molar-refractivity contribution in [3.8, 4) is 11.8 Å². The Morgan fingerprint density at radius 2 is 2.12 bits per heavy atom. The molecule has 0 spiro atoms. The highest BCUT2D eigenvalue weighted by Crippen LogP contribution is 2.32. The van der Waals surface area contributed by atoms with Crippen LogP contribution in [0.25, 0.3) is 0 Å². The van der Waals surface area contributed by atoms with Crippen LogP contribution in [0, 0.1) is 11.8 Å². The van der Waals surface area contributed by atoms with E-state index in [-0.39, 0.29) is 27.7 Å². The van der Waals surface area contributed by atoms with Crippen molar-refractivity contribution >= 4 is 28.6 Å². The number of halogens is 1. The Morgan fingerprint density at radius 3 is 2.73 bits per heavy atom. The molecule has 0 saturated carbocycles. The van der Waals surface area contributed by atoms with Crippen LogP contribution in [0.1, 0.15) is 53.4 Å². The monoisotopic (exact) mass is 476 g/mol. The molecule has 0 aromatic carbocycles. The first kappa shape index (κ1) is 21.7. The van der Waals surface area contributed by atoms with Gasteiger partial charge >= 0.3 is 5.97 Å². The maximum atomic E-state index is 11.8. The number of carbonyl (C=O) groups excluding carboxylic acids is 1. The van der Waals surface area contributed by atoms with Crippen LogP contribution >= 0.6 is 22.6 Å². The number of alkyl halides is 1. The van der Waals surface area contributed by atoms with E-state index in [0.717, 1.165) is 5.57 Å². The SMILES string of the molecule is CO[C@@H]1CCC(=O)O[C@@H](/C=C(\C)CC#CC[C@@]2(C)COC(C)(C)O2)[C@H]1I. The van der Waals surface area contributed by atoms with E-state index in [1.54, 1.807) is 7.11 Å². The summed E-state index contributed by atoms with van der Waals surface area (Å²) in [6.45, 7) is 8.42. The highest BCUT2D eigenvalue weighted by molar-refractivity contribution is 14.1. The van der Waals surface area contributed by atoms with Crippen LogP contribution in [-0.2, 0) is 23.7 Å². The average Bonchev–Trinajstić information content (AvgIpc) is 2.77. The summed E-state index contributed by atoms with van der Waals surface area (Å²) in [5.41, 5.74) is 0.729. The molecule has 2 aliphatic rings. The van der Waals surface area contributed by atoms with Crippen molar-refractivity contribution in [2.24, 2.45) is 0 Å². The summed E-state index contributed by atoms with van der Waals surface area (Å²) < 4.78 is 22.7. The van der Waals surface area contributed by atoms with Gasteiger partial charge in [0.05, 0.1) is 16.6 Å². The van der Waals surface area contributed by atoms with E-state index in [9.17, 15) is 4.79 Å². The molecule has 2 heterocycles. The zero-order chi connectivity index (χ0) is 19.4. The van der Waals surface area contributed by atoms with Crippen molar-refractivity contribution in [2.75, 3.05) is 13.7 Å². The van der Waals surface area contributed by atoms with Crippen molar-refractivity contribution in [1.29, 1.82) is 0 Å². The molecule has 0 radical (unpaired) electrons. The second kappa shape index (κ2) is 9.05. The number of hydrogen-bond donors (Lipinski definition) is 0. The predicted octanol–water partition coefficient (Wildman–Crippen LogP) is 3.78. The van der Waals surface area contributed by atoms with Gasteiger partial charge in [0.1, 0.15) is 11.7 Å². The van der Waals surface area contributed by atoms with Crippen LogP contribution in [0.4, 0.5) is 0 Å². The molecule has 0 amide bonds. The van der Waals surface area contributed by atoms with Crippen molar-refractivity contribution in [3.63, 3.8) is 0 Å². The van der Waals surface area contributed by atoms with Gasteiger partial charge < -0.3 is 18.9 Å². The van der Waals surface area contributed by atoms with Gasteiger partial charge in [0.15, 0.2) is 5.79 Å². The largest absolute Gasteiger partial charge is 0.457 e. The van der Waals surface area contributed by atoms with Gasteiger partial charge in [-0.1, -0.05) is 40.0 Å². The van der Waals surface area contributed by atoms with Crippen molar-refractivity contribution in [2.45, 2.75) is 80.9 Å². The molecule has 146 valence electrons. The molecule has 0 aromatic heterocycles.